The number of halogens is 4. The molecule has 0 radical (unpaired) electrons. The van der Waals surface area contributed by atoms with Gasteiger partial charge in [0.2, 0.25) is 0 Å². The molecule has 1 fully saturated rings. The van der Waals surface area contributed by atoms with Gasteiger partial charge in [0, 0.05) is 49.0 Å². The summed E-state index contributed by atoms with van der Waals surface area (Å²) in [6.07, 6.45) is 3.18. The number of rotatable bonds is 8. The van der Waals surface area contributed by atoms with Crippen molar-refractivity contribution in [1.82, 2.24) is 9.21 Å². The lowest BCUT2D eigenvalue weighted by atomic mass is 9.73. The van der Waals surface area contributed by atoms with Crippen LogP contribution in [0, 0.1) is 5.41 Å². The summed E-state index contributed by atoms with van der Waals surface area (Å²) in [4.78, 5) is 16.6. The summed E-state index contributed by atoms with van der Waals surface area (Å²) in [5, 5.41) is 0.718. The Labute approximate surface area is 309 Å². The van der Waals surface area contributed by atoms with E-state index in [4.69, 9.17) is 17.3 Å². The van der Waals surface area contributed by atoms with Gasteiger partial charge in [-0.25, -0.2) is 21.1 Å². The fourth-order valence-electron chi connectivity index (χ4n) is 6.87. The van der Waals surface area contributed by atoms with Crippen LogP contribution >= 0.6 is 11.6 Å². The van der Waals surface area contributed by atoms with Crippen molar-refractivity contribution < 1.29 is 34.8 Å². The van der Waals surface area contributed by atoms with E-state index in [1.807, 2.05) is 12.1 Å². The monoisotopic (exact) mass is 780 g/mol. The van der Waals surface area contributed by atoms with Crippen LogP contribution in [0.15, 0.2) is 82.1 Å². The predicted molar refractivity (Wildman–Crippen MR) is 198 cm³/mol. The van der Waals surface area contributed by atoms with Crippen LogP contribution in [-0.4, -0.2) is 75.7 Å². The number of sulfone groups is 1. The summed E-state index contributed by atoms with van der Waals surface area (Å²) in [6.45, 7) is 13.2. The lowest BCUT2D eigenvalue weighted by Gasteiger charge is -2.39. The molecule has 1 aliphatic heterocycles. The largest absolute Gasteiger partial charge is 0.501 e. The van der Waals surface area contributed by atoms with Gasteiger partial charge in [-0.2, -0.15) is 13.2 Å². The number of anilines is 2. The lowest BCUT2D eigenvalue weighted by molar-refractivity contribution is -0.0435. The molecule has 0 saturated carbocycles. The fourth-order valence-corrected chi connectivity index (χ4v) is 9.63. The number of piperazine rings is 1. The van der Waals surface area contributed by atoms with Crippen molar-refractivity contribution in [2.45, 2.75) is 74.7 Å². The number of carbonyl (C=O) groups excluding carboxylic acids is 1. The highest BCUT2D eigenvalue weighted by Gasteiger charge is 2.48. The minimum atomic E-state index is -5.83. The van der Waals surface area contributed by atoms with Gasteiger partial charge in [0.1, 0.15) is 0 Å². The van der Waals surface area contributed by atoms with Crippen LogP contribution in [0.4, 0.5) is 24.5 Å². The normalized spacial score (nSPS) is 17.7. The van der Waals surface area contributed by atoms with Crippen molar-refractivity contribution in [1.29, 1.82) is 0 Å². The summed E-state index contributed by atoms with van der Waals surface area (Å²) in [5.41, 5.74) is 3.02. The maximum absolute atomic E-state index is 13.8. The topological polar surface area (TPSA) is 121 Å². The highest BCUT2D eigenvalue weighted by molar-refractivity contribution is 7.92. The van der Waals surface area contributed by atoms with Crippen LogP contribution < -0.4 is 10.6 Å². The maximum Gasteiger partial charge on any atom is 0.501 e. The number of benzene rings is 3. The second kappa shape index (κ2) is 14.3. The first-order valence-electron chi connectivity index (χ1n) is 16.9. The summed E-state index contributed by atoms with van der Waals surface area (Å²) < 4.78 is 91.5. The average Bonchev–Trinajstić information content (AvgIpc) is 3.04. The fraction of sp³-hybridized carbons (Fsp3) is 0.432. The number of carbonyl (C=O) groups is 1. The third-order valence-corrected chi connectivity index (χ3v) is 13.4. The first-order valence-corrected chi connectivity index (χ1v) is 20.2. The highest BCUT2D eigenvalue weighted by atomic mass is 35.5. The molecule has 9 nitrogen and oxygen atoms in total. The number of nitrogens with two attached hydrogens (primary N) is 1. The Balaban J connectivity index is 1.30. The molecule has 0 bridgehead atoms. The standard InChI is InChI=1S/C37H44ClF3N4O5S2/c1-35(2,3)45(52(49,50)30-14-15-33(32(42)22-30)51(47,48)37(39,40)41)34(46)26-8-12-29(13-9-26)44-20-18-43(19-21-44)24-27-23-36(4,5)17-16-31(27)25-6-10-28(38)11-7-25/h6-15,22H,16-21,23-24,42H2,1-5H3. The Kier molecular flexibility index (Phi) is 10.9. The van der Waals surface area contributed by atoms with E-state index in [2.05, 4.69) is 35.8 Å². The zero-order chi connectivity index (χ0) is 38.4. The molecule has 0 unspecified atom stereocenters. The number of amides is 1. The van der Waals surface area contributed by atoms with Gasteiger partial charge < -0.3 is 10.6 Å². The van der Waals surface area contributed by atoms with Gasteiger partial charge in [-0.3, -0.25) is 9.69 Å². The molecule has 1 saturated heterocycles. The van der Waals surface area contributed by atoms with Gasteiger partial charge in [0.15, 0.2) is 0 Å². The van der Waals surface area contributed by atoms with Gasteiger partial charge in [-0.05, 0) is 111 Å². The van der Waals surface area contributed by atoms with Crippen molar-refractivity contribution in [3.63, 3.8) is 0 Å². The lowest BCUT2D eigenvalue weighted by Crippen LogP contribution is -2.49. The summed E-state index contributed by atoms with van der Waals surface area (Å²) in [7, 11) is -10.5. The highest BCUT2D eigenvalue weighted by Crippen LogP contribution is 2.43. The third kappa shape index (κ3) is 8.30. The van der Waals surface area contributed by atoms with Gasteiger partial charge >= 0.3 is 5.51 Å². The van der Waals surface area contributed by atoms with Crippen LogP contribution in [0.2, 0.25) is 5.02 Å². The van der Waals surface area contributed by atoms with Gasteiger partial charge in [0.25, 0.3) is 25.8 Å². The van der Waals surface area contributed by atoms with Gasteiger partial charge in [0.05, 0.1) is 21.0 Å². The first-order chi connectivity index (χ1) is 24.0. The molecule has 282 valence electrons. The van der Waals surface area contributed by atoms with Crippen LogP contribution in [-0.2, 0) is 19.9 Å². The molecule has 3 aromatic rings. The van der Waals surface area contributed by atoms with Gasteiger partial charge in [-0.15, -0.1) is 0 Å². The Hall–Kier alpha value is -3.59. The van der Waals surface area contributed by atoms with Crippen molar-refractivity contribution in [2.24, 2.45) is 5.41 Å². The minimum absolute atomic E-state index is 0.0757. The van der Waals surface area contributed by atoms with E-state index < -0.39 is 52.3 Å². The zero-order valence-electron chi connectivity index (χ0n) is 29.8. The smallest absolute Gasteiger partial charge is 0.398 e. The van der Waals surface area contributed by atoms with E-state index in [0.29, 0.717) is 22.5 Å². The molecule has 1 amide bonds. The Bertz CT molecular complexity index is 2070. The van der Waals surface area contributed by atoms with Crippen molar-refractivity contribution >= 4 is 54.3 Å². The first kappa shape index (κ1) is 39.6. The predicted octanol–water partition coefficient (Wildman–Crippen LogP) is 7.63. The average molecular weight is 781 g/mol. The van der Waals surface area contributed by atoms with E-state index in [0.717, 1.165) is 62.7 Å². The van der Waals surface area contributed by atoms with E-state index in [-0.39, 0.29) is 11.0 Å². The summed E-state index contributed by atoms with van der Waals surface area (Å²) >= 11 is 6.16. The summed E-state index contributed by atoms with van der Waals surface area (Å²) in [6, 6.07) is 16.5. The molecule has 0 spiro atoms. The zero-order valence-corrected chi connectivity index (χ0v) is 32.2. The molecule has 5 rings (SSSR count). The van der Waals surface area contributed by atoms with Crippen molar-refractivity contribution in [2.75, 3.05) is 43.4 Å². The number of hydrogen-bond donors (Lipinski definition) is 1. The molecular weight excluding hydrogens is 737 g/mol. The SMILES string of the molecule is CC1(C)CCC(c2ccc(Cl)cc2)=C(CN2CCN(c3ccc(C(=O)N(C(C)(C)C)S(=O)(=O)c4ccc(S(=O)(=O)C(F)(F)F)c(N)c4)cc3)CC2)C1. The Morgan fingerprint density at radius 1 is 0.904 bits per heavy atom. The molecule has 1 heterocycles. The number of nitrogen functional groups attached to an aromatic ring is 1. The van der Waals surface area contributed by atoms with E-state index >= 15 is 0 Å². The second-order valence-corrected chi connectivity index (χ2v) is 19.3. The van der Waals surface area contributed by atoms with Crippen LogP contribution in [0.3, 0.4) is 0 Å². The number of alkyl halides is 3. The number of allylic oxidation sites excluding steroid dienone is 1. The van der Waals surface area contributed by atoms with E-state index in [1.165, 1.54) is 37.5 Å². The molecule has 1 aliphatic carbocycles. The molecule has 15 heteroatoms. The van der Waals surface area contributed by atoms with Crippen LogP contribution in [0.25, 0.3) is 5.57 Å². The Morgan fingerprint density at radius 2 is 1.50 bits per heavy atom. The van der Waals surface area contributed by atoms with E-state index in [9.17, 15) is 34.8 Å². The maximum atomic E-state index is 13.8. The number of nitrogens with zero attached hydrogens (tertiary/aromatic N) is 3. The van der Waals surface area contributed by atoms with E-state index in [1.54, 1.807) is 24.3 Å². The van der Waals surface area contributed by atoms with Crippen LogP contribution in [0.5, 0.6) is 0 Å². The third-order valence-electron chi connectivity index (χ3n) is 9.54. The van der Waals surface area contributed by atoms with Crippen LogP contribution in [0.1, 0.15) is 69.8 Å². The number of hydrogen-bond acceptors (Lipinski definition) is 8. The molecule has 2 aliphatic rings. The molecule has 2 N–H and O–H groups in total. The molecule has 0 aromatic heterocycles. The molecule has 52 heavy (non-hydrogen) atoms. The van der Waals surface area contributed by atoms with Crippen molar-refractivity contribution in [3.05, 3.63) is 88.5 Å². The second-order valence-electron chi connectivity index (χ2n) is 15.1. The number of sulfonamides is 1. The minimum Gasteiger partial charge on any atom is -0.398 e. The quantitative estimate of drug-likeness (QED) is 0.232. The molecule has 3 aromatic carbocycles. The molecular formula is C37H44ClF3N4O5S2. The van der Waals surface area contributed by atoms with Crippen molar-refractivity contribution in [3.8, 4) is 0 Å². The van der Waals surface area contributed by atoms with Gasteiger partial charge in [-0.1, -0.05) is 43.2 Å². The summed E-state index contributed by atoms with van der Waals surface area (Å²) in [5.74, 6) is -0.866. The Morgan fingerprint density at radius 3 is 2.04 bits per heavy atom. The molecule has 0 atom stereocenters.